The highest BCUT2D eigenvalue weighted by Gasteiger charge is 2.41. The Balaban J connectivity index is 1.69. The number of rotatable bonds is 6. The molecule has 0 N–H and O–H groups in total. The maximum absolute atomic E-state index is 13.0. The van der Waals surface area contributed by atoms with E-state index in [1.807, 2.05) is 41.1 Å². The molecule has 6 nitrogen and oxygen atoms in total. The first-order valence-electron chi connectivity index (χ1n) is 10.3. The normalized spacial score (nSPS) is 16.1. The molecule has 0 aliphatic carbocycles. The van der Waals surface area contributed by atoms with E-state index in [4.69, 9.17) is 27.9 Å². The molecule has 2 heterocycles. The second kappa shape index (κ2) is 9.63. The van der Waals surface area contributed by atoms with Gasteiger partial charge >= 0.3 is 5.97 Å². The van der Waals surface area contributed by atoms with Crippen LogP contribution in [0.1, 0.15) is 25.0 Å². The highest BCUT2D eigenvalue weighted by Crippen LogP contribution is 2.36. The Morgan fingerprint density at radius 2 is 1.94 bits per heavy atom. The van der Waals surface area contributed by atoms with Gasteiger partial charge in [0, 0.05) is 39.3 Å². The summed E-state index contributed by atoms with van der Waals surface area (Å²) in [4.78, 5) is 38.7. The summed E-state index contributed by atoms with van der Waals surface area (Å²) in [5, 5.41) is 1.56. The third kappa shape index (κ3) is 4.67. The maximum Gasteiger partial charge on any atom is 0.329 e. The topological polar surface area (TPSA) is 68.6 Å². The Bertz CT molecular complexity index is 1300. The molecule has 1 aromatic heterocycles. The molecule has 33 heavy (non-hydrogen) atoms. The molecule has 2 amide bonds. The quantitative estimate of drug-likeness (QED) is 0.306. The zero-order chi connectivity index (χ0) is 23.7. The number of carbonyl (C=O) groups is 3. The van der Waals surface area contributed by atoms with Gasteiger partial charge in [0.2, 0.25) is 0 Å². The number of aromatic nitrogens is 1. The van der Waals surface area contributed by atoms with Crippen LogP contribution in [0.4, 0.5) is 4.79 Å². The lowest BCUT2D eigenvalue weighted by Crippen LogP contribution is -2.42. The predicted octanol–water partition coefficient (Wildman–Crippen LogP) is 5.98. The van der Waals surface area contributed by atoms with Crippen molar-refractivity contribution in [3.63, 3.8) is 0 Å². The van der Waals surface area contributed by atoms with E-state index in [0.717, 1.165) is 38.7 Å². The summed E-state index contributed by atoms with van der Waals surface area (Å²) < 4.78 is 6.99. The Morgan fingerprint density at radius 3 is 2.67 bits per heavy atom. The molecule has 3 aromatic rings. The van der Waals surface area contributed by atoms with Crippen molar-refractivity contribution >= 4 is 69.1 Å². The number of nitrogens with zero attached hydrogens (tertiary/aromatic N) is 2. The van der Waals surface area contributed by atoms with Gasteiger partial charge < -0.3 is 9.30 Å². The average molecular weight is 503 g/mol. The molecule has 1 fully saturated rings. The number of amides is 2. The molecule has 0 radical (unpaired) electrons. The second-order valence-corrected chi connectivity index (χ2v) is 9.28. The van der Waals surface area contributed by atoms with Crippen molar-refractivity contribution in [1.29, 1.82) is 0 Å². The number of ether oxygens (including phenoxy) is 1. The molecule has 0 spiro atoms. The smallest absolute Gasteiger partial charge is 0.329 e. The summed E-state index contributed by atoms with van der Waals surface area (Å²) >= 11 is 13.2. The van der Waals surface area contributed by atoms with Crippen LogP contribution in [-0.2, 0) is 20.9 Å². The third-order valence-electron chi connectivity index (χ3n) is 5.30. The molecule has 9 heteroatoms. The van der Waals surface area contributed by atoms with Crippen LogP contribution in [0.3, 0.4) is 0 Å². The summed E-state index contributed by atoms with van der Waals surface area (Å²) in [5.41, 5.74) is 2.64. The first-order valence-corrected chi connectivity index (χ1v) is 11.8. The van der Waals surface area contributed by atoms with Gasteiger partial charge in [-0.15, -0.1) is 0 Å². The van der Waals surface area contributed by atoms with Gasteiger partial charge in [0.15, 0.2) is 0 Å². The van der Waals surface area contributed by atoms with E-state index in [-0.39, 0.29) is 11.5 Å². The standard InChI is InChI=1S/C24H20Cl2N2O4S/c1-3-32-23(30)14(2)28-22(29)21(33-24(28)31)10-16-13-27(20-7-5-4-6-18(16)20)12-15-8-9-17(25)11-19(15)26/h4-11,13-14H,3,12H2,1-2H3/b21-10+/t14-/m1/s1. The van der Waals surface area contributed by atoms with Gasteiger partial charge in [-0.3, -0.25) is 14.5 Å². The number of halogens is 2. The second-order valence-electron chi connectivity index (χ2n) is 7.44. The number of thioether (sulfide) groups is 1. The van der Waals surface area contributed by atoms with Crippen molar-refractivity contribution in [2.24, 2.45) is 0 Å². The highest BCUT2D eigenvalue weighted by molar-refractivity contribution is 8.18. The first kappa shape index (κ1) is 23.4. The van der Waals surface area contributed by atoms with E-state index < -0.39 is 23.2 Å². The van der Waals surface area contributed by atoms with Gasteiger partial charge in [0.25, 0.3) is 11.1 Å². The maximum atomic E-state index is 13.0. The molecular formula is C24H20Cl2N2O4S. The molecular weight excluding hydrogens is 483 g/mol. The van der Waals surface area contributed by atoms with E-state index in [1.165, 1.54) is 6.92 Å². The van der Waals surface area contributed by atoms with Crippen LogP contribution < -0.4 is 0 Å². The van der Waals surface area contributed by atoms with Crippen LogP contribution in [0.25, 0.3) is 17.0 Å². The number of benzene rings is 2. The van der Waals surface area contributed by atoms with Gasteiger partial charge in [-0.05, 0) is 55.4 Å². The number of imide groups is 1. The number of hydrogen-bond acceptors (Lipinski definition) is 5. The minimum absolute atomic E-state index is 0.173. The zero-order valence-electron chi connectivity index (χ0n) is 17.9. The van der Waals surface area contributed by atoms with Crippen LogP contribution in [-0.4, -0.2) is 39.2 Å². The summed E-state index contributed by atoms with van der Waals surface area (Å²) in [5.74, 6) is -1.12. The minimum Gasteiger partial charge on any atom is -0.464 e. The third-order valence-corrected chi connectivity index (χ3v) is 6.77. The fraction of sp³-hybridized carbons (Fsp3) is 0.208. The van der Waals surface area contributed by atoms with Crippen LogP contribution >= 0.6 is 35.0 Å². The van der Waals surface area contributed by atoms with Gasteiger partial charge in [-0.1, -0.05) is 47.5 Å². The van der Waals surface area contributed by atoms with Gasteiger partial charge in [-0.25, -0.2) is 4.79 Å². The Kier molecular flexibility index (Phi) is 6.83. The molecule has 0 bridgehead atoms. The molecule has 1 saturated heterocycles. The Hall–Kier alpha value is -2.74. The Labute approximate surface area is 205 Å². The van der Waals surface area contributed by atoms with Crippen LogP contribution in [0.5, 0.6) is 0 Å². The molecule has 1 atom stereocenters. The van der Waals surface area contributed by atoms with Crippen molar-refractivity contribution in [3.8, 4) is 0 Å². The molecule has 1 aliphatic rings. The number of carbonyl (C=O) groups excluding carboxylic acids is 3. The van der Waals surface area contributed by atoms with Crippen molar-refractivity contribution in [1.82, 2.24) is 9.47 Å². The van der Waals surface area contributed by atoms with E-state index in [9.17, 15) is 14.4 Å². The fourth-order valence-corrected chi connectivity index (χ4v) is 5.04. The number of esters is 1. The fourth-order valence-electron chi connectivity index (χ4n) is 3.68. The van der Waals surface area contributed by atoms with Crippen LogP contribution in [0.15, 0.2) is 53.6 Å². The van der Waals surface area contributed by atoms with Crippen molar-refractivity contribution in [2.45, 2.75) is 26.4 Å². The van der Waals surface area contributed by atoms with Gasteiger partial charge in [0.05, 0.1) is 11.5 Å². The van der Waals surface area contributed by atoms with E-state index in [1.54, 1.807) is 25.1 Å². The van der Waals surface area contributed by atoms with Crippen LogP contribution in [0.2, 0.25) is 10.0 Å². The lowest BCUT2D eigenvalue weighted by atomic mass is 10.1. The SMILES string of the molecule is CCOC(=O)[C@@H](C)N1C(=O)S/C(=C/c2cn(Cc3ccc(Cl)cc3Cl)c3ccccc23)C1=O. The van der Waals surface area contributed by atoms with Crippen molar-refractivity contribution < 1.29 is 19.1 Å². The van der Waals surface area contributed by atoms with Crippen molar-refractivity contribution in [2.75, 3.05) is 6.61 Å². The number of hydrogen-bond donors (Lipinski definition) is 0. The van der Waals surface area contributed by atoms with E-state index >= 15 is 0 Å². The molecule has 170 valence electrons. The number of fused-ring (bicyclic) bond motifs is 1. The molecule has 2 aromatic carbocycles. The van der Waals surface area contributed by atoms with Gasteiger partial charge in [0.1, 0.15) is 6.04 Å². The molecule has 0 saturated carbocycles. The summed E-state index contributed by atoms with van der Waals surface area (Å²) in [7, 11) is 0. The molecule has 1 aliphatic heterocycles. The predicted molar refractivity (Wildman–Crippen MR) is 131 cm³/mol. The zero-order valence-corrected chi connectivity index (χ0v) is 20.2. The number of para-hydroxylation sites is 1. The summed E-state index contributed by atoms with van der Waals surface area (Å²) in [6.45, 7) is 3.84. The monoisotopic (exact) mass is 502 g/mol. The minimum atomic E-state index is -0.989. The Morgan fingerprint density at radius 1 is 1.18 bits per heavy atom. The average Bonchev–Trinajstić information content (AvgIpc) is 3.26. The summed E-state index contributed by atoms with van der Waals surface area (Å²) in [6.07, 6.45) is 3.60. The largest absolute Gasteiger partial charge is 0.464 e. The highest BCUT2D eigenvalue weighted by atomic mass is 35.5. The van der Waals surface area contributed by atoms with E-state index in [0.29, 0.717) is 16.6 Å². The summed E-state index contributed by atoms with van der Waals surface area (Å²) in [6, 6.07) is 12.1. The lowest BCUT2D eigenvalue weighted by Gasteiger charge is -2.19. The molecule has 0 unspecified atom stereocenters. The molecule has 4 rings (SSSR count). The first-order chi connectivity index (χ1) is 15.8. The van der Waals surface area contributed by atoms with Crippen LogP contribution in [0, 0.1) is 0 Å². The lowest BCUT2D eigenvalue weighted by molar-refractivity contribution is -0.150. The van der Waals surface area contributed by atoms with E-state index in [2.05, 4.69) is 0 Å². The van der Waals surface area contributed by atoms with Gasteiger partial charge in [-0.2, -0.15) is 0 Å². The van der Waals surface area contributed by atoms with Crippen molar-refractivity contribution in [3.05, 3.63) is 74.7 Å².